The van der Waals surface area contributed by atoms with E-state index in [0.717, 1.165) is 24.6 Å². The van der Waals surface area contributed by atoms with Crippen molar-refractivity contribution in [1.29, 1.82) is 0 Å². The molecule has 84 valence electrons. The van der Waals surface area contributed by atoms with Gasteiger partial charge in [-0.05, 0) is 37.2 Å². The first-order valence-corrected chi connectivity index (χ1v) is 5.48. The highest BCUT2D eigenvalue weighted by Gasteiger charge is 2.02. The van der Waals surface area contributed by atoms with Crippen molar-refractivity contribution in [2.75, 3.05) is 6.54 Å². The molecule has 4 heteroatoms. The van der Waals surface area contributed by atoms with Gasteiger partial charge in [0.25, 0.3) is 0 Å². The molecule has 4 nitrogen and oxygen atoms in total. The number of nitrogens with one attached hydrogen (secondary N) is 1. The van der Waals surface area contributed by atoms with Crippen LogP contribution in [0.25, 0.3) is 5.82 Å². The summed E-state index contributed by atoms with van der Waals surface area (Å²) < 4.78 is 1.78. The van der Waals surface area contributed by atoms with E-state index >= 15 is 0 Å². The van der Waals surface area contributed by atoms with Crippen molar-refractivity contribution in [3.8, 4) is 5.82 Å². The summed E-state index contributed by atoms with van der Waals surface area (Å²) in [7, 11) is 0. The number of nitrogens with zero attached hydrogens (tertiary/aromatic N) is 3. The van der Waals surface area contributed by atoms with Crippen LogP contribution in [0, 0.1) is 6.92 Å². The highest BCUT2D eigenvalue weighted by Crippen LogP contribution is 2.09. The highest BCUT2D eigenvalue weighted by molar-refractivity contribution is 5.29. The number of rotatable bonds is 4. The van der Waals surface area contributed by atoms with Gasteiger partial charge in [0.1, 0.15) is 0 Å². The van der Waals surface area contributed by atoms with Gasteiger partial charge in [-0.25, -0.2) is 9.67 Å². The van der Waals surface area contributed by atoms with Crippen molar-refractivity contribution < 1.29 is 0 Å². The van der Waals surface area contributed by atoms with Gasteiger partial charge < -0.3 is 5.32 Å². The summed E-state index contributed by atoms with van der Waals surface area (Å²) in [6.45, 7) is 5.94. The van der Waals surface area contributed by atoms with Gasteiger partial charge in [-0.1, -0.05) is 6.92 Å². The summed E-state index contributed by atoms with van der Waals surface area (Å²) in [5.41, 5.74) is 2.25. The standard InChI is InChI=1S/C12H16N4/c1-3-13-9-11-7-10(2)15-12(8-11)16-6-4-5-14-16/h4-8,13H,3,9H2,1-2H3. The van der Waals surface area contributed by atoms with E-state index in [4.69, 9.17) is 0 Å². The minimum Gasteiger partial charge on any atom is -0.313 e. The van der Waals surface area contributed by atoms with Crippen molar-refractivity contribution in [3.05, 3.63) is 41.9 Å². The first-order valence-electron chi connectivity index (χ1n) is 5.48. The van der Waals surface area contributed by atoms with Crippen molar-refractivity contribution in [2.24, 2.45) is 0 Å². The third-order valence-electron chi connectivity index (χ3n) is 2.32. The molecule has 1 N–H and O–H groups in total. The van der Waals surface area contributed by atoms with Gasteiger partial charge in [0.2, 0.25) is 0 Å². The van der Waals surface area contributed by atoms with E-state index in [1.807, 2.05) is 19.2 Å². The van der Waals surface area contributed by atoms with Crippen LogP contribution in [0.1, 0.15) is 18.2 Å². The van der Waals surface area contributed by atoms with E-state index in [-0.39, 0.29) is 0 Å². The fourth-order valence-corrected chi connectivity index (χ4v) is 1.61. The monoisotopic (exact) mass is 216 g/mol. The van der Waals surface area contributed by atoms with Gasteiger partial charge in [-0.3, -0.25) is 0 Å². The molecule has 0 radical (unpaired) electrons. The molecule has 0 unspecified atom stereocenters. The Labute approximate surface area is 95.3 Å². The molecule has 0 amide bonds. The molecule has 0 aliphatic heterocycles. The summed E-state index contributed by atoms with van der Waals surface area (Å²) in [6, 6.07) is 6.05. The smallest absolute Gasteiger partial charge is 0.153 e. The lowest BCUT2D eigenvalue weighted by Gasteiger charge is -2.07. The summed E-state index contributed by atoms with van der Waals surface area (Å²) in [5, 5.41) is 7.49. The van der Waals surface area contributed by atoms with E-state index in [1.54, 1.807) is 10.9 Å². The topological polar surface area (TPSA) is 42.7 Å². The molecule has 0 saturated carbocycles. The second-order valence-electron chi connectivity index (χ2n) is 3.71. The van der Waals surface area contributed by atoms with Crippen molar-refractivity contribution in [2.45, 2.75) is 20.4 Å². The molecular formula is C12H16N4. The quantitative estimate of drug-likeness (QED) is 0.845. The number of pyridine rings is 1. The van der Waals surface area contributed by atoms with E-state index in [2.05, 4.69) is 34.5 Å². The van der Waals surface area contributed by atoms with Gasteiger partial charge >= 0.3 is 0 Å². The van der Waals surface area contributed by atoms with Crippen LogP contribution in [0.5, 0.6) is 0 Å². The van der Waals surface area contributed by atoms with Gasteiger partial charge in [0.05, 0.1) is 0 Å². The normalized spacial score (nSPS) is 10.6. The maximum atomic E-state index is 4.46. The third-order valence-corrected chi connectivity index (χ3v) is 2.32. The lowest BCUT2D eigenvalue weighted by atomic mass is 10.2. The molecule has 2 aromatic heterocycles. The van der Waals surface area contributed by atoms with Crippen LogP contribution >= 0.6 is 0 Å². The molecular weight excluding hydrogens is 200 g/mol. The van der Waals surface area contributed by atoms with Crippen LogP contribution in [-0.4, -0.2) is 21.3 Å². The van der Waals surface area contributed by atoms with Crippen LogP contribution < -0.4 is 5.32 Å². The van der Waals surface area contributed by atoms with Crippen molar-refractivity contribution in [1.82, 2.24) is 20.1 Å². The van der Waals surface area contributed by atoms with Crippen LogP contribution in [-0.2, 0) is 6.54 Å². The molecule has 2 aromatic rings. The highest BCUT2D eigenvalue weighted by atomic mass is 15.3. The Balaban J connectivity index is 2.29. The second-order valence-corrected chi connectivity index (χ2v) is 3.71. The lowest BCUT2D eigenvalue weighted by Crippen LogP contribution is -2.12. The van der Waals surface area contributed by atoms with E-state index < -0.39 is 0 Å². The molecule has 0 atom stereocenters. The van der Waals surface area contributed by atoms with E-state index in [1.165, 1.54) is 5.56 Å². The number of hydrogen-bond acceptors (Lipinski definition) is 3. The molecule has 0 aliphatic carbocycles. The Morgan fingerprint density at radius 3 is 2.94 bits per heavy atom. The molecule has 0 aliphatic rings. The number of aromatic nitrogens is 3. The Bertz CT molecular complexity index is 448. The SMILES string of the molecule is CCNCc1cc(C)nc(-n2cccn2)c1. The molecule has 2 rings (SSSR count). The Morgan fingerprint density at radius 1 is 1.38 bits per heavy atom. The maximum absolute atomic E-state index is 4.46. The van der Waals surface area contributed by atoms with Gasteiger partial charge in [0.15, 0.2) is 5.82 Å². The summed E-state index contributed by atoms with van der Waals surface area (Å²) >= 11 is 0. The Hall–Kier alpha value is -1.68. The zero-order valence-electron chi connectivity index (χ0n) is 9.64. The van der Waals surface area contributed by atoms with Gasteiger partial charge in [-0.15, -0.1) is 0 Å². The van der Waals surface area contributed by atoms with Gasteiger partial charge in [-0.2, -0.15) is 5.10 Å². The first-order chi connectivity index (χ1) is 7.79. The number of hydrogen-bond donors (Lipinski definition) is 1. The largest absolute Gasteiger partial charge is 0.313 e. The van der Waals surface area contributed by atoms with Crippen molar-refractivity contribution >= 4 is 0 Å². The molecule has 0 spiro atoms. The average Bonchev–Trinajstić information content (AvgIpc) is 2.79. The summed E-state index contributed by atoms with van der Waals surface area (Å²) in [4.78, 5) is 4.46. The minimum atomic E-state index is 0.869. The fraction of sp³-hybridized carbons (Fsp3) is 0.333. The van der Waals surface area contributed by atoms with Crippen LogP contribution in [0.3, 0.4) is 0 Å². The lowest BCUT2D eigenvalue weighted by molar-refractivity contribution is 0.722. The van der Waals surface area contributed by atoms with E-state index in [9.17, 15) is 0 Å². The second kappa shape index (κ2) is 4.90. The zero-order valence-corrected chi connectivity index (χ0v) is 9.64. The predicted molar refractivity (Wildman–Crippen MR) is 63.5 cm³/mol. The first kappa shape index (κ1) is 10.8. The van der Waals surface area contributed by atoms with Crippen LogP contribution in [0.4, 0.5) is 0 Å². The Morgan fingerprint density at radius 2 is 2.25 bits per heavy atom. The predicted octanol–water partition coefficient (Wildman–Crippen LogP) is 1.69. The molecule has 0 fully saturated rings. The zero-order chi connectivity index (χ0) is 11.4. The maximum Gasteiger partial charge on any atom is 0.153 e. The van der Waals surface area contributed by atoms with Gasteiger partial charge in [0, 0.05) is 24.6 Å². The number of aryl methyl sites for hydroxylation is 1. The molecule has 0 saturated heterocycles. The molecule has 0 aromatic carbocycles. The molecule has 2 heterocycles. The summed E-state index contributed by atoms with van der Waals surface area (Å²) in [5.74, 6) is 0.873. The van der Waals surface area contributed by atoms with Crippen LogP contribution in [0.2, 0.25) is 0 Å². The van der Waals surface area contributed by atoms with Crippen LogP contribution in [0.15, 0.2) is 30.6 Å². The summed E-state index contributed by atoms with van der Waals surface area (Å²) in [6.07, 6.45) is 3.66. The molecule has 16 heavy (non-hydrogen) atoms. The minimum absolute atomic E-state index is 0.869. The van der Waals surface area contributed by atoms with Crippen molar-refractivity contribution in [3.63, 3.8) is 0 Å². The van der Waals surface area contributed by atoms with E-state index in [0.29, 0.717) is 0 Å². The molecule has 0 bridgehead atoms. The third kappa shape index (κ3) is 2.46. The average molecular weight is 216 g/mol. The fourth-order valence-electron chi connectivity index (χ4n) is 1.61. The Kier molecular flexibility index (Phi) is 3.31.